The molecule has 1 atom stereocenters. The molecule has 7 rings (SSSR count). The Morgan fingerprint density at radius 2 is 1.83 bits per heavy atom. The first-order chi connectivity index (χ1) is 25.6. The quantitative estimate of drug-likeness (QED) is 0.0900. The van der Waals surface area contributed by atoms with Crippen LogP contribution in [0.1, 0.15) is 62.6 Å². The van der Waals surface area contributed by atoms with Crippen LogP contribution in [0, 0.1) is 0 Å². The predicted molar refractivity (Wildman–Crippen MR) is 207 cm³/mol. The SMILES string of the molecule is COc1cc2c(cc1OCCCC(=O)Nc1cn(C)c(C(N)=O)c1-c1ccc3sc(C(=O)Nc4ccc(N)cc4)cc3c1)N=CC1CCCCN1C2=O. The number of methoxy groups -OCH3 is 1. The van der Waals surface area contributed by atoms with Crippen LogP contribution in [0.5, 0.6) is 11.5 Å². The number of thiophene rings is 1. The molecule has 14 heteroatoms. The number of nitrogens with zero attached hydrogens (tertiary/aromatic N) is 3. The zero-order valence-electron chi connectivity index (χ0n) is 29.3. The highest BCUT2D eigenvalue weighted by Crippen LogP contribution is 2.39. The van der Waals surface area contributed by atoms with Crippen molar-refractivity contribution in [3.05, 3.63) is 83.0 Å². The maximum atomic E-state index is 13.3. The number of primary amides is 1. The van der Waals surface area contributed by atoms with E-state index in [2.05, 4.69) is 15.6 Å². The molecule has 0 radical (unpaired) electrons. The van der Waals surface area contributed by atoms with Crippen LogP contribution in [-0.2, 0) is 11.8 Å². The maximum absolute atomic E-state index is 13.3. The van der Waals surface area contributed by atoms with E-state index >= 15 is 0 Å². The Balaban J connectivity index is 1.03. The van der Waals surface area contributed by atoms with Crippen molar-refractivity contribution < 1.29 is 28.7 Å². The van der Waals surface area contributed by atoms with Crippen molar-refractivity contribution in [1.82, 2.24) is 9.47 Å². The monoisotopic (exact) mass is 733 g/mol. The second-order valence-corrected chi connectivity index (χ2v) is 14.1. The highest BCUT2D eigenvalue weighted by atomic mass is 32.1. The summed E-state index contributed by atoms with van der Waals surface area (Å²) in [6, 6.07) is 17.6. The van der Waals surface area contributed by atoms with Crippen LogP contribution in [0.25, 0.3) is 21.2 Å². The number of carbonyl (C=O) groups is 4. The Labute approximate surface area is 309 Å². The van der Waals surface area contributed by atoms with Gasteiger partial charge in [0.15, 0.2) is 11.5 Å². The molecule has 4 heterocycles. The van der Waals surface area contributed by atoms with Gasteiger partial charge < -0.3 is 41.0 Å². The highest BCUT2D eigenvalue weighted by Gasteiger charge is 2.31. The first kappa shape index (κ1) is 35.3. The number of hydrogen-bond donors (Lipinski definition) is 4. The van der Waals surface area contributed by atoms with Gasteiger partial charge in [0.1, 0.15) is 5.69 Å². The van der Waals surface area contributed by atoms with E-state index in [4.69, 9.17) is 20.9 Å². The molecule has 0 aliphatic carbocycles. The number of rotatable bonds is 11. The molecule has 3 aromatic carbocycles. The van der Waals surface area contributed by atoms with Gasteiger partial charge in [0, 0.05) is 60.1 Å². The Hall–Kier alpha value is -6.15. The summed E-state index contributed by atoms with van der Waals surface area (Å²) in [7, 11) is 3.20. The molecular weight excluding hydrogens is 695 g/mol. The summed E-state index contributed by atoms with van der Waals surface area (Å²) in [5.74, 6) is -0.412. The van der Waals surface area contributed by atoms with Gasteiger partial charge in [-0.2, -0.15) is 0 Å². The van der Waals surface area contributed by atoms with E-state index in [1.54, 1.807) is 60.3 Å². The minimum absolute atomic E-state index is 0.0206. The number of ether oxygens (including phenoxy) is 2. The summed E-state index contributed by atoms with van der Waals surface area (Å²) >= 11 is 1.34. The van der Waals surface area contributed by atoms with E-state index in [1.165, 1.54) is 18.4 Å². The zero-order valence-corrected chi connectivity index (χ0v) is 30.1. The lowest BCUT2D eigenvalue weighted by atomic mass is 10.0. The Kier molecular flexibility index (Phi) is 9.87. The molecule has 53 heavy (non-hydrogen) atoms. The third-order valence-corrected chi connectivity index (χ3v) is 10.5. The summed E-state index contributed by atoms with van der Waals surface area (Å²) in [5, 5.41) is 6.62. The van der Waals surface area contributed by atoms with Gasteiger partial charge in [0.2, 0.25) is 5.91 Å². The smallest absolute Gasteiger partial charge is 0.266 e. The molecule has 1 saturated heterocycles. The number of aryl methyl sites for hydroxylation is 1. The van der Waals surface area contributed by atoms with Crippen molar-refractivity contribution in [1.29, 1.82) is 0 Å². The number of anilines is 3. The molecule has 1 fully saturated rings. The van der Waals surface area contributed by atoms with Crippen molar-refractivity contribution in [3.63, 3.8) is 0 Å². The second kappa shape index (κ2) is 14.8. The molecule has 272 valence electrons. The highest BCUT2D eigenvalue weighted by molar-refractivity contribution is 7.20. The van der Waals surface area contributed by atoms with Crippen molar-refractivity contribution in [2.24, 2.45) is 17.8 Å². The van der Waals surface area contributed by atoms with Gasteiger partial charge in [-0.25, -0.2) is 0 Å². The Bertz CT molecular complexity index is 2280. The number of aliphatic imine (C=N–C) groups is 1. The number of nitrogen functional groups attached to an aromatic ring is 1. The number of amides is 4. The molecule has 6 N–H and O–H groups in total. The van der Waals surface area contributed by atoms with Crippen LogP contribution in [0.4, 0.5) is 22.7 Å². The first-order valence-corrected chi connectivity index (χ1v) is 18.1. The number of carbonyl (C=O) groups excluding carboxylic acids is 4. The molecular formula is C39H39N7O6S. The van der Waals surface area contributed by atoms with Crippen molar-refractivity contribution >= 4 is 74.0 Å². The minimum Gasteiger partial charge on any atom is -0.493 e. The summed E-state index contributed by atoms with van der Waals surface area (Å²) in [4.78, 5) is 59.2. The summed E-state index contributed by atoms with van der Waals surface area (Å²) in [6.45, 7) is 0.898. The summed E-state index contributed by atoms with van der Waals surface area (Å²) < 4.78 is 14.1. The van der Waals surface area contributed by atoms with E-state index in [1.807, 2.05) is 29.3 Å². The normalized spacial score (nSPS) is 15.0. The van der Waals surface area contributed by atoms with Crippen LogP contribution in [0.15, 0.2) is 71.9 Å². The number of hydrogen-bond acceptors (Lipinski definition) is 9. The van der Waals surface area contributed by atoms with E-state index < -0.39 is 5.91 Å². The van der Waals surface area contributed by atoms with Crippen LogP contribution in [0.3, 0.4) is 0 Å². The molecule has 4 amide bonds. The molecule has 5 aromatic rings. The summed E-state index contributed by atoms with van der Waals surface area (Å²) in [6.07, 6.45) is 6.90. The average molecular weight is 734 g/mol. The van der Waals surface area contributed by atoms with Crippen LogP contribution < -0.4 is 31.6 Å². The number of fused-ring (bicyclic) bond motifs is 3. The number of nitrogens with two attached hydrogens (primary N) is 2. The van der Waals surface area contributed by atoms with Crippen molar-refractivity contribution in [2.45, 2.75) is 38.1 Å². The van der Waals surface area contributed by atoms with E-state index in [-0.39, 0.29) is 42.5 Å². The zero-order chi connectivity index (χ0) is 37.2. The molecule has 0 saturated carbocycles. The average Bonchev–Trinajstić information content (AvgIpc) is 3.69. The van der Waals surface area contributed by atoms with Gasteiger partial charge in [-0.15, -0.1) is 11.3 Å². The lowest BCUT2D eigenvalue weighted by Crippen LogP contribution is -2.43. The van der Waals surface area contributed by atoms with Gasteiger partial charge in [0.05, 0.1) is 41.6 Å². The third kappa shape index (κ3) is 7.31. The maximum Gasteiger partial charge on any atom is 0.266 e. The Morgan fingerprint density at radius 1 is 1.02 bits per heavy atom. The molecule has 0 bridgehead atoms. The number of piperidine rings is 1. The number of nitrogens with one attached hydrogen (secondary N) is 2. The van der Waals surface area contributed by atoms with E-state index in [9.17, 15) is 19.2 Å². The molecule has 1 unspecified atom stereocenters. The molecule has 2 aliphatic rings. The molecule has 2 aliphatic heterocycles. The van der Waals surface area contributed by atoms with E-state index in [0.717, 1.165) is 29.3 Å². The molecule has 0 spiro atoms. The van der Waals surface area contributed by atoms with Gasteiger partial charge >= 0.3 is 0 Å². The summed E-state index contributed by atoms with van der Waals surface area (Å²) in [5.41, 5.74) is 15.6. The number of aromatic nitrogens is 1. The fourth-order valence-corrected chi connectivity index (χ4v) is 7.73. The molecule has 13 nitrogen and oxygen atoms in total. The lowest BCUT2D eigenvalue weighted by molar-refractivity contribution is -0.116. The van der Waals surface area contributed by atoms with E-state index in [0.29, 0.717) is 68.8 Å². The standard InChI is InChI=1S/C39H39N7O6S/c1-45-21-29(35(36(45)37(41)48)22-8-13-32-23(16-22)17-33(53-32)38(49)43-25-11-9-24(40)10-12-25)44-34(47)7-5-15-52-31-19-28-27(18-30(31)51-2)39(50)46-14-4-3-6-26(46)20-42-28/h8-13,16-21,26H,3-7,14-15,40H2,1-2H3,(H2,41,48)(H,43,49)(H,44,47). The van der Waals surface area contributed by atoms with Crippen LogP contribution in [-0.4, -0.2) is 65.6 Å². The first-order valence-electron chi connectivity index (χ1n) is 17.3. The predicted octanol–water partition coefficient (Wildman–Crippen LogP) is 6.36. The van der Waals surface area contributed by atoms with Crippen LogP contribution >= 0.6 is 11.3 Å². The largest absolute Gasteiger partial charge is 0.493 e. The van der Waals surface area contributed by atoms with Gasteiger partial charge in [0.25, 0.3) is 17.7 Å². The topological polar surface area (TPSA) is 183 Å². The fourth-order valence-electron chi connectivity index (χ4n) is 6.79. The van der Waals surface area contributed by atoms with Gasteiger partial charge in [-0.05, 0) is 85.2 Å². The fraction of sp³-hybridized carbons (Fsp3) is 0.256. The second-order valence-electron chi connectivity index (χ2n) is 13.0. The van der Waals surface area contributed by atoms with Gasteiger partial charge in [-0.3, -0.25) is 24.2 Å². The third-order valence-electron chi connectivity index (χ3n) is 9.40. The Morgan fingerprint density at radius 3 is 2.60 bits per heavy atom. The molecule has 2 aromatic heterocycles. The number of benzene rings is 3. The van der Waals surface area contributed by atoms with Crippen molar-refractivity contribution in [2.75, 3.05) is 36.6 Å². The van der Waals surface area contributed by atoms with Gasteiger partial charge in [-0.1, -0.05) is 6.07 Å². The van der Waals surface area contributed by atoms with Crippen molar-refractivity contribution in [3.8, 4) is 22.6 Å². The lowest BCUT2D eigenvalue weighted by Gasteiger charge is -2.32. The van der Waals surface area contributed by atoms with Crippen LogP contribution in [0.2, 0.25) is 0 Å². The minimum atomic E-state index is -0.651.